The summed E-state index contributed by atoms with van der Waals surface area (Å²) >= 11 is 0. The molecule has 0 saturated carbocycles. The summed E-state index contributed by atoms with van der Waals surface area (Å²) in [5.41, 5.74) is 1.75. The second-order valence-electron chi connectivity index (χ2n) is 9.04. The number of oxime groups is 1. The van der Waals surface area contributed by atoms with E-state index in [0.717, 1.165) is 18.5 Å². The number of nitrogens with one attached hydrogen (secondary N) is 1. The average molecular weight is 591 g/mol. The first-order valence-corrected chi connectivity index (χ1v) is 15.4. The highest BCUT2D eigenvalue weighted by atomic mass is 32.2. The fraction of sp³-hybridized carbons (Fsp3) is 0.259. The molecule has 0 aliphatic carbocycles. The Labute approximate surface area is 233 Å². The second-order valence-corrected chi connectivity index (χ2v) is 12.8. The minimum atomic E-state index is -4.15. The van der Waals surface area contributed by atoms with E-state index >= 15 is 0 Å². The van der Waals surface area contributed by atoms with Gasteiger partial charge in [0.05, 0.1) is 17.2 Å². The van der Waals surface area contributed by atoms with Crippen LogP contribution in [0.25, 0.3) is 11.1 Å². The van der Waals surface area contributed by atoms with E-state index in [1.54, 1.807) is 50.2 Å². The first-order chi connectivity index (χ1) is 18.8. The molecule has 0 aliphatic rings. The summed E-state index contributed by atoms with van der Waals surface area (Å²) in [6, 6.07) is 15.1. The minimum absolute atomic E-state index is 0.105. The molecule has 0 atom stereocenters. The van der Waals surface area contributed by atoms with Crippen molar-refractivity contribution >= 4 is 32.0 Å². The summed E-state index contributed by atoms with van der Waals surface area (Å²) in [7, 11) is -7.70. The molecule has 0 unspecified atom stereocenters. The second kappa shape index (κ2) is 12.9. The molecule has 0 heterocycles. The van der Waals surface area contributed by atoms with Crippen LogP contribution in [0.4, 0.5) is 0 Å². The maximum atomic E-state index is 12.8. The Hall–Kier alpha value is -3.94. The summed E-state index contributed by atoms with van der Waals surface area (Å²) in [6.45, 7) is 2.87. The van der Waals surface area contributed by atoms with Crippen LogP contribution in [-0.2, 0) is 35.8 Å². The van der Waals surface area contributed by atoms with Gasteiger partial charge in [-0.05, 0) is 67.3 Å². The summed E-state index contributed by atoms with van der Waals surface area (Å²) < 4.78 is 63.6. The third kappa shape index (κ3) is 8.04. The molecule has 40 heavy (non-hydrogen) atoms. The third-order valence-corrected chi connectivity index (χ3v) is 8.19. The number of benzene rings is 3. The number of phenols is 1. The van der Waals surface area contributed by atoms with Gasteiger partial charge in [0.1, 0.15) is 16.4 Å². The van der Waals surface area contributed by atoms with Crippen molar-refractivity contribution in [1.82, 2.24) is 4.72 Å². The lowest BCUT2D eigenvalue weighted by atomic mass is 10.0. The SMILES string of the molecule is CC(C)OC(=O)COc1cc(-c2ccccc2S(C)(=O)=O)ccc1CCNS(=O)(=O)c1cc(/C=N\O)ccc1O. The monoisotopic (exact) mass is 590 g/mol. The van der Waals surface area contributed by atoms with Crippen LogP contribution in [0.5, 0.6) is 11.5 Å². The Morgan fingerprint density at radius 2 is 1.75 bits per heavy atom. The molecule has 3 rings (SSSR count). The normalized spacial score (nSPS) is 12.1. The van der Waals surface area contributed by atoms with E-state index in [2.05, 4.69) is 9.88 Å². The quantitative estimate of drug-likeness (QED) is 0.124. The van der Waals surface area contributed by atoms with Crippen LogP contribution in [-0.4, -0.2) is 64.8 Å². The van der Waals surface area contributed by atoms with Gasteiger partial charge in [-0.1, -0.05) is 35.5 Å². The number of phenolic OH excluding ortho intramolecular Hbond substituents is 1. The molecule has 11 nitrogen and oxygen atoms in total. The lowest BCUT2D eigenvalue weighted by Gasteiger charge is -2.16. The molecular weight excluding hydrogens is 560 g/mol. The Kier molecular flexibility index (Phi) is 9.90. The molecule has 0 radical (unpaired) electrons. The van der Waals surface area contributed by atoms with Crippen molar-refractivity contribution in [3.05, 3.63) is 71.8 Å². The van der Waals surface area contributed by atoms with Crippen molar-refractivity contribution in [2.24, 2.45) is 5.16 Å². The minimum Gasteiger partial charge on any atom is -0.507 e. The summed E-state index contributed by atoms with van der Waals surface area (Å²) in [5.74, 6) is -0.848. The first-order valence-electron chi connectivity index (χ1n) is 12.1. The fourth-order valence-electron chi connectivity index (χ4n) is 3.82. The number of carbonyl (C=O) groups is 1. The zero-order valence-electron chi connectivity index (χ0n) is 22.1. The van der Waals surface area contributed by atoms with Crippen molar-refractivity contribution < 1.29 is 41.4 Å². The molecule has 3 aromatic rings. The van der Waals surface area contributed by atoms with Gasteiger partial charge in [0.15, 0.2) is 16.4 Å². The third-order valence-electron chi connectivity index (χ3n) is 5.54. The number of hydrogen-bond acceptors (Lipinski definition) is 10. The predicted octanol–water partition coefficient (Wildman–Crippen LogP) is 3.12. The van der Waals surface area contributed by atoms with Crippen LogP contribution < -0.4 is 9.46 Å². The number of carbonyl (C=O) groups excluding carboxylic acids is 1. The Balaban J connectivity index is 1.89. The fourth-order valence-corrected chi connectivity index (χ4v) is 5.89. The van der Waals surface area contributed by atoms with Crippen LogP contribution >= 0.6 is 0 Å². The molecule has 0 aromatic heterocycles. The Bertz CT molecular complexity index is 1620. The van der Waals surface area contributed by atoms with E-state index < -0.39 is 43.1 Å². The van der Waals surface area contributed by atoms with E-state index in [1.165, 1.54) is 18.2 Å². The van der Waals surface area contributed by atoms with Crippen molar-refractivity contribution in [3.8, 4) is 22.6 Å². The number of esters is 1. The molecular formula is C27H30N2O9S2. The van der Waals surface area contributed by atoms with Gasteiger partial charge >= 0.3 is 5.97 Å². The number of rotatable bonds is 12. The lowest BCUT2D eigenvalue weighted by molar-refractivity contribution is -0.149. The summed E-state index contributed by atoms with van der Waals surface area (Å²) in [6.07, 6.45) is 1.91. The molecule has 13 heteroatoms. The number of ether oxygens (including phenoxy) is 2. The van der Waals surface area contributed by atoms with Crippen LogP contribution in [0.2, 0.25) is 0 Å². The van der Waals surface area contributed by atoms with E-state index in [1.807, 2.05) is 0 Å². The zero-order chi connectivity index (χ0) is 29.5. The maximum absolute atomic E-state index is 12.8. The van der Waals surface area contributed by atoms with E-state index in [9.17, 15) is 26.7 Å². The largest absolute Gasteiger partial charge is 0.507 e. The molecule has 0 amide bonds. The van der Waals surface area contributed by atoms with Gasteiger partial charge in [-0.3, -0.25) is 0 Å². The topological polar surface area (TPSA) is 169 Å². The van der Waals surface area contributed by atoms with Gasteiger partial charge in [-0.2, -0.15) is 0 Å². The summed E-state index contributed by atoms with van der Waals surface area (Å²) in [4.78, 5) is 11.8. The Morgan fingerprint density at radius 3 is 2.42 bits per heavy atom. The van der Waals surface area contributed by atoms with Gasteiger partial charge in [0, 0.05) is 18.4 Å². The number of nitrogens with zero attached hydrogens (tertiary/aromatic N) is 1. The molecule has 0 saturated heterocycles. The van der Waals surface area contributed by atoms with Crippen molar-refractivity contribution in [3.63, 3.8) is 0 Å². The zero-order valence-corrected chi connectivity index (χ0v) is 23.7. The molecule has 0 bridgehead atoms. The predicted molar refractivity (Wildman–Crippen MR) is 148 cm³/mol. The van der Waals surface area contributed by atoms with E-state index in [-0.39, 0.29) is 35.3 Å². The Morgan fingerprint density at radius 1 is 1.02 bits per heavy atom. The maximum Gasteiger partial charge on any atom is 0.344 e. The lowest BCUT2D eigenvalue weighted by Crippen LogP contribution is -2.26. The standard InChI is InChI=1S/C27H30N2O9S2/c1-18(2)38-27(31)17-37-24-15-21(22-6-4-5-7-25(22)39(3,33)34)10-9-20(24)12-13-29-40(35,36)26-14-19(16-28-32)8-11-23(26)30/h4-11,14-16,18,29-30,32H,12-13,17H2,1-3H3/b28-16-. The number of hydrogen-bond donors (Lipinski definition) is 3. The molecule has 0 fully saturated rings. The van der Waals surface area contributed by atoms with Gasteiger partial charge in [-0.15, -0.1) is 0 Å². The van der Waals surface area contributed by atoms with E-state index in [4.69, 9.17) is 14.7 Å². The molecule has 3 N–H and O–H groups in total. The number of sulfone groups is 1. The average Bonchev–Trinajstić information content (AvgIpc) is 2.88. The number of aromatic hydroxyl groups is 1. The highest BCUT2D eigenvalue weighted by molar-refractivity contribution is 7.91. The van der Waals surface area contributed by atoms with Gasteiger partial charge in [-0.25, -0.2) is 26.4 Å². The van der Waals surface area contributed by atoms with Crippen LogP contribution in [0.1, 0.15) is 25.0 Å². The van der Waals surface area contributed by atoms with Crippen LogP contribution in [0.3, 0.4) is 0 Å². The highest BCUT2D eigenvalue weighted by Gasteiger charge is 2.20. The van der Waals surface area contributed by atoms with Gasteiger partial charge < -0.3 is 19.8 Å². The van der Waals surface area contributed by atoms with Crippen molar-refractivity contribution in [1.29, 1.82) is 0 Å². The molecule has 0 aliphatic heterocycles. The van der Waals surface area contributed by atoms with Gasteiger partial charge in [0.2, 0.25) is 10.0 Å². The van der Waals surface area contributed by atoms with Crippen molar-refractivity contribution in [2.75, 3.05) is 19.4 Å². The molecule has 214 valence electrons. The van der Waals surface area contributed by atoms with Gasteiger partial charge in [0.25, 0.3) is 0 Å². The molecule has 3 aromatic carbocycles. The number of sulfonamides is 1. The first kappa shape index (κ1) is 30.6. The van der Waals surface area contributed by atoms with Crippen molar-refractivity contribution in [2.45, 2.75) is 36.2 Å². The molecule has 0 spiro atoms. The van der Waals surface area contributed by atoms with E-state index in [0.29, 0.717) is 16.7 Å². The summed E-state index contributed by atoms with van der Waals surface area (Å²) in [5, 5.41) is 21.6. The van der Waals surface area contributed by atoms with Crippen LogP contribution in [0, 0.1) is 0 Å². The smallest absolute Gasteiger partial charge is 0.344 e. The van der Waals surface area contributed by atoms with Crippen LogP contribution in [0.15, 0.2) is 75.6 Å². The highest BCUT2D eigenvalue weighted by Crippen LogP contribution is 2.32.